The summed E-state index contributed by atoms with van der Waals surface area (Å²) in [7, 11) is 1.43. The van der Waals surface area contributed by atoms with Crippen molar-refractivity contribution < 1.29 is 9.59 Å². The number of nitrogens with zero attached hydrogens (tertiary/aromatic N) is 2. The van der Waals surface area contributed by atoms with Gasteiger partial charge >= 0.3 is 6.03 Å². The van der Waals surface area contributed by atoms with E-state index < -0.39 is 17.2 Å². The van der Waals surface area contributed by atoms with Crippen LogP contribution in [0.3, 0.4) is 0 Å². The van der Waals surface area contributed by atoms with Gasteiger partial charge in [-0.3, -0.25) is 19.5 Å². The van der Waals surface area contributed by atoms with Crippen LogP contribution in [0.1, 0.15) is 18.1 Å². The van der Waals surface area contributed by atoms with E-state index in [4.69, 9.17) is 0 Å². The summed E-state index contributed by atoms with van der Waals surface area (Å²) in [5.41, 5.74) is 3.07. The van der Waals surface area contributed by atoms with Gasteiger partial charge in [0.25, 0.3) is 5.56 Å². The van der Waals surface area contributed by atoms with E-state index in [0.29, 0.717) is 21.7 Å². The number of hydrogen-bond acceptors (Lipinski definition) is 5. The van der Waals surface area contributed by atoms with Crippen molar-refractivity contribution in [2.75, 3.05) is 7.05 Å². The van der Waals surface area contributed by atoms with E-state index in [-0.39, 0.29) is 5.56 Å². The van der Waals surface area contributed by atoms with Crippen LogP contribution >= 0.6 is 11.8 Å². The first-order chi connectivity index (χ1) is 13.8. The van der Waals surface area contributed by atoms with E-state index in [2.05, 4.69) is 15.6 Å². The normalized spacial score (nSPS) is 11.9. The zero-order chi connectivity index (χ0) is 21.1. The maximum atomic E-state index is 13.3. The molecule has 1 aromatic heterocycles. The maximum Gasteiger partial charge on any atom is 0.321 e. The number of imide groups is 1. The van der Waals surface area contributed by atoms with Gasteiger partial charge in [-0.05, 0) is 44.5 Å². The number of para-hydroxylation sites is 1. The van der Waals surface area contributed by atoms with Crippen molar-refractivity contribution >= 4 is 34.6 Å². The number of rotatable bonds is 4. The molecule has 0 fully saturated rings. The lowest BCUT2D eigenvalue weighted by molar-refractivity contribution is -0.119. The second-order valence-electron chi connectivity index (χ2n) is 6.67. The quantitative estimate of drug-likeness (QED) is 0.510. The molecule has 0 saturated heterocycles. The van der Waals surface area contributed by atoms with Crippen LogP contribution < -0.4 is 16.2 Å². The number of amides is 3. The SMILES string of the molecule is CNC(=O)NC(=O)C(C)Sc1nc2ccccc2c(=O)n1-c1ccc(C)cc1C. The largest absolute Gasteiger partial charge is 0.341 e. The molecule has 3 rings (SSSR count). The van der Waals surface area contributed by atoms with Crippen molar-refractivity contribution in [2.24, 2.45) is 0 Å². The van der Waals surface area contributed by atoms with Gasteiger partial charge in [-0.2, -0.15) is 0 Å². The van der Waals surface area contributed by atoms with Crippen LogP contribution in [0.15, 0.2) is 52.4 Å². The van der Waals surface area contributed by atoms with Gasteiger partial charge in [0.2, 0.25) is 5.91 Å². The summed E-state index contributed by atoms with van der Waals surface area (Å²) in [5.74, 6) is -0.469. The molecule has 0 spiro atoms. The number of aryl methyl sites for hydroxylation is 2. The second kappa shape index (κ2) is 8.48. The van der Waals surface area contributed by atoms with E-state index in [1.807, 2.05) is 38.1 Å². The highest BCUT2D eigenvalue weighted by molar-refractivity contribution is 8.00. The first-order valence-corrected chi connectivity index (χ1v) is 9.98. The molecule has 0 bridgehead atoms. The third-order valence-electron chi connectivity index (χ3n) is 4.45. The highest BCUT2D eigenvalue weighted by Gasteiger charge is 2.22. The fourth-order valence-electron chi connectivity index (χ4n) is 2.95. The number of nitrogens with one attached hydrogen (secondary N) is 2. The lowest BCUT2D eigenvalue weighted by atomic mass is 10.1. The van der Waals surface area contributed by atoms with Crippen molar-refractivity contribution in [3.8, 4) is 5.69 Å². The number of hydrogen-bond donors (Lipinski definition) is 2. The summed E-state index contributed by atoms with van der Waals surface area (Å²) in [6.45, 7) is 5.58. The van der Waals surface area contributed by atoms with Gasteiger partial charge in [-0.15, -0.1) is 0 Å². The van der Waals surface area contributed by atoms with Gasteiger partial charge in [0.05, 0.1) is 21.8 Å². The number of thioether (sulfide) groups is 1. The molecule has 1 atom stereocenters. The van der Waals surface area contributed by atoms with Crippen LogP contribution in [0.2, 0.25) is 0 Å². The molecule has 8 heteroatoms. The average molecular weight is 410 g/mol. The lowest BCUT2D eigenvalue weighted by Crippen LogP contribution is -2.41. The molecule has 29 heavy (non-hydrogen) atoms. The third kappa shape index (κ3) is 4.32. The van der Waals surface area contributed by atoms with E-state index >= 15 is 0 Å². The fourth-order valence-corrected chi connectivity index (χ4v) is 3.87. The number of benzene rings is 2. The predicted molar refractivity (Wildman–Crippen MR) is 115 cm³/mol. The summed E-state index contributed by atoms with van der Waals surface area (Å²) < 4.78 is 1.53. The molecule has 1 heterocycles. The molecular formula is C21H22N4O3S. The first kappa shape index (κ1) is 20.6. The van der Waals surface area contributed by atoms with Crippen LogP contribution in [0.5, 0.6) is 0 Å². The summed E-state index contributed by atoms with van der Waals surface area (Å²) >= 11 is 1.13. The number of fused-ring (bicyclic) bond motifs is 1. The van der Waals surface area contributed by atoms with E-state index in [9.17, 15) is 14.4 Å². The zero-order valence-electron chi connectivity index (χ0n) is 16.6. The predicted octanol–water partition coefficient (Wildman–Crippen LogP) is 2.94. The van der Waals surface area contributed by atoms with Gasteiger partial charge < -0.3 is 5.32 Å². The summed E-state index contributed by atoms with van der Waals surface area (Å²) in [6, 6.07) is 12.3. The Kier molecular flexibility index (Phi) is 6.03. The van der Waals surface area contributed by atoms with Gasteiger partial charge in [0.15, 0.2) is 5.16 Å². The molecule has 150 valence electrons. The first-order valence-electron chi connectivity index (χ1n) is 9.10. The third-order valence-corrected chi connectivity index (χ3v) is 5.51. The van der Waals surface area contributed by atoms with Crippen LogP contribution in [0.4, 0.5) is 4.79 Å². The van der Waals surface area contributed by atoms with Gasteiger partial charge in [-0.1, -0.05) is 41.6 Å². The number of carbonyl (C=O) groups excluding carboxylic acids is 2. The molecule has 0 aliphatic carbocycles. The minimum Gasteiger partial charge on any atom is -0.341 e. The molecule has 7 nitrogen and oxygen atoms in total. The fraction of sp³-hybridized carbons (Fsp3) is 0.238. The number of aromatic nitrogens is 2. The second-order valence-corrected chi connectivity index (χ2v) is 7.98. The molecule has 0 aliphatic heterocycles. The standard InChI is InChI=1S/C21H22N4O3S/c1-12-9-10-17(13(2)11-12)25-19(27)15-7-5-6-8-16(15)23-21(25)29-14(3)18(26)24-20(28)22-4/h5-11,14H,1-4H3,(H2,22,24,26,28). The van der Waals surface area contributed by atoms with Crippen molar-refractivity contribution in [3.63, 3.8) is 0 Å². The minimum atomic E-state index is -0.641. The van der Waals surface area contributed by atoms with Crippen LogP contribution in [-0.4, -0.2) is 33.8 Å². The lowest BCUT2D eigenvalue weighted by Gasteiger charge is -2.17. The Morgan fingerprint density at radius 2 is 1.86 bits per heavy atom. The molecule has 2 N–H and O–H groups in total. The Bertz CT molecular complexity index is 1160. The Morgan fingerprint density at radius 3 is 2.55 bits per heavy atom. The number of carbonyl (C=O) groups is 2. The van der Waals surface area contributed by atoms with Crippen molar-refractivity contribution in [1.29, 1.82) is 0 Å². The monoisotopic (exact) mass is 410 g/mol. The van der Waals surface area contributed by atoms with E-state index in [1.165, 1.54) is 11.6 Å². The van der Waals surface area contributed by atoms with E-state index in [0.717, 1.165) is 22.9 Å². The molecule has 0 radical (unpaired) electrons. The van der Waals surface area contributed by atoms with Crippen molar-refractivity contribution in [3.05, 3.63) is 63.9 Å². The molecule has 2 aromatic carbocycles. The van der Waals surface area contributed by atoms with Gasteiger partial charge in [0.1, 0.15) is 0 Å². The molecule has 3 amide bonds. The highest BCUT2D eigenvalue weighted by Crippen LogP contribution is 2.26. The summed E-state index contributed by atoms with van der Waals surface area (Å²) in [5, 5.41) is 4.85. The number of urea groups is 1. The van der Waals surface area contributed by atoms with Gasteiger partial charge in [0, 0.05) is 7.05 Å². The molecule has 0 aliphatic rings. The molecular weight excluding hydrogens is 388 g/mol. The summed E-state index contributed by atoms with van der Waals surface area (Å²) in [6.07, 6.45) is 0. The van der Waals surface area contributed by atoms with Gasteiger partial charge in [-0.25, -0.2) is 9.78 Å². The smallest absolute Gasteiger partial charge is 0.321 e. The van der Waals surface area contributed by atoms with Crippen LogP contribution in [0, 0.1) is 13.8 Å². The maximum absolute atomic E-state index is 13.3. The highest BCUT2D eigenvalue weighted by atomic mass is 32.2. The molecule has 1 unspecified atom stereocenters. The van der Waals surface area contributed by atoms with E-state index in [1.54, 1.807) is 25.1 Å². The summed E-state index contributed by atoms with van der Waals surface area (Å²) in [4.78, 5) is 41.7. The Morgan fingerprint density at radius 1 is 1.14 bits per heavy atom. The van der Waals surface area contributed by atoms with Crippen molar-refractivity contribution in [2.45, 2.75) is 31.2 Å². The molecule has 3 aromatic rings. The minimum absolute atomic E-state index is 0.205. The average Bonchev–Trinajstić information content (AvgIpc) is 2.69. The Labute approximate surface area is 172 Å². The topological polar surface area (TPSA) is 93.1 Å². The van der Waals surface area contributed by atoms with Crippen LogP contribution in [-0.2, 0) is 4.79 Å². The Hall–Kier alpha value is -3.13. The molecule has 0 saturated carbocycles. The Balaban J connectivity index is 2.13. The van der Waals surface area contributed by atoms with Crippen molar-refractivity contribution in [1.82, 2.24) is 20.2 Å². The zero-order valence-corrected chi connectivity index (χ0v) is 17.5. The van der Waals surface area contributed by atoms with Crippen LogP contribution in [0.25, 0.3) is 16.6 Å².